The second-order valence-corrected chi connectivity index (χ2v) is 1.57. The Hall–Kier alpha value is 0.730. The number of esters is 1. The van der Waals surface area contributed by atoms with Gasteiger partial charge in [-0.2, -0.15) is 0 Å². The van der Waals surface area contributed by atoms with Crippen LogP contribution in [0.5, 0.6) is 0 Å². The van der Waals surface area contributed by atoms with Crippen LogP contribution in [0.15, 0.2) is 0 Å². The predicted molar refractivity (Wildman–Crippen MR) is 40.1 cm³/mol. The average Bonchev–Trinajstić information content (AvgIpc) is 1.83. The quantitative estimate of drug-likeness (QED) is 0.440. The van der Waals surface area contributed by atoms with Crippen molar-refractivity contribution in [3.63, 3.8) is 0 Å². The van der Waals surface area contributed by atoms with Gasteiger partial charge in [0, 0.05) is 6.42 Å². The number of hydrogen-bond donors (Lipinski definition) is 0. The molecule has 0 saturated heterocycles. The van der Waals surface area contributed by atoms with Gasteiger partial charge in [0.25, 0.3) is 0 Å². The van der Waals surface area contributed by atoms with Gasteiger partial charge >= 0.3 is 43.7 Å². The molecule has 0 unspecified atom stereocenters. The molecule has 0 aliphatic rings. The third-order valence-electron chi connectivity index (χ3n) is 0.756. The van der Waals surface area contributed by atoms with E-state index in [1.807, 2.05) is 6.92 Å². The van der Waals surface area contributed by atoms with E-state index in [1.165, 1.54) is 0 Å². The normalized spacial score (nSPS) is 7.78. The SMILES string of the molecule is CCCOC(=O)CC.[CaH2]. The van der Waals surface area contributed by atoms with Gasteiger partial charge in [-0.25, -0.2) is 0 Å². The molecular weight excluding hydrogens is 144 g/mol. The first-order valence-corrected chi connectivity index (χ1v) is 2.96. The number of rotatable bonds is 3. The molecule has 0 aliphatic carbocycles. The van der Waals surface area contributed by atoms with E-state index in [4.69, 9.17) is 4.74 Å². The molecule has 0 radical (unpaired) electrons. The van der Waals surface area contributed by atoms with Gasteiger partial charge in [0.1, 0.15) is 0 Å². The van der Waals surface area contributed by atoms with Gasteiger partial charge in [0.15, 0.2) is 0 Å². The van der Waals surface area contributed by atoms with Crippen LogP contribution >= 0.6 is 0 Å². The molecule has 0 heterocycles. The van der Waals surface area contributed by atoms with Crippen molar-refractivity contribution in [3.8, 4) is 0 Å². The van der Waals surface area contributed by atoms with Crippen molar-refractivity contribution in [1.29, 1.82) is 0 Å². The Morgan fingerprint density at radius 1 is 1.44 bits per heavy atom. The third-order valence-corrected chi connectivity index (χ3v) is 0.756. The van der Waals surface area contributed by atoms with Crippen LogP contribution in [-0.2, 0) is 9.53 Å². The van der Waals surface area contributed by atoms with E-state index in [9.17, 15) is 4.79 Å². The fourth-order valence-electron chi connectivity index (χ4n) is 0.318. The summed E-state index contributed by atoms with van der Waals surface area (Å²) in [5, 5.41) is 0. The molecule has 3 heteroatoms. The summed E-state index contributed by atoms with van der Waals surface area (Å²) in [5.41, 5.74) is 0. The summed E-state index contributed by atoms with van der Waals surface area (Å²) in [7, 11) is 0. The van der Waals surface area contributed by atoms with Crippen LogP contribution in [0, 0.1) is 0 Å². The van der Waals surface area contributed by atoms with Crippen LogP contribution in [0.1, 0.15) is 26.7 Å². The fraction of sp³-hybridized carbons (Fsp3) is 0.833. The van der Waals surface area contributed by atoms with E-state index in [-0.39, 0.29) is 43.7 Å². The molecule has 0 fully saturated rings. The first-order chi connectivity index (χ1) is 3.81. The van der Waals surface area contributed by atoms with Gasteiger partial charge in [0.2, 0.25) is 0 Å². The molecule has 0 aromatic carbocycles. The van der Waals surface area contributed by atoms with Gasteiger partial charge in [-0.3, -0.25) is 4.79 Å². The molecular formula is C6H14CaO2. The number of ether oxygens (including phenoxy) is 1. The first-order valence-electron chi connectivity index (χ1n) is 2.96. The zero-order chi connectivity index (χ0) is 6.41. The number of hydrogen-bond acceptors (Lipinski definition) is 2. The van der Waals surface area contributed by atoms with Gasteiger partial charge < -0.3 is 4.74 Å². The molecule has 2 nitrogen and oxygen atoms in total. The summed E-state index contributed by atoms with van der Waals surface area (Å²) in [6, 6.07) is 0. The van der Waals surface area contributed by atoms with Crippen LogP contribution in [0.25, 0.3) is 0 Å². The van der Waals surface area contributed by atoms with Crippen molar-refractivity contribution in [2.75, 3.05) is 6.61 Å². The average molecular weight is 158 g/mol. The zero-order valence-corrected chi connectivity index (χ0v) is 5.44. The van der Waals surface area contributed by atoms with Crippen molar-refractivity contribution in [3.05, 3.63) is 0 Å². The minimum atomic E-state index is -0.105. The molecule has 0 saturated carbocycles. The van der Waals surface area contributed by atoms with Crippen molar-refractivity contribution in [2.24, 2.45) is 0 Å². The van der Waals surface area contributed by atoms with E-state index in [0.29, 0.717) is 13.0 Å². The summed E-state index contributed by atoms with van der Waals surface area (Å²) >= 11 is 0. The predicted octanol–water partition coefficient (Wildman–Crippen LogP) is 0.433. The molecule has 0 bridgehead atoms. The van der Waals surface area contributed by atoms with Gasteiger partial charge in [-0.1, -0.05) is 13.8 Å². The van der Waals surface area contributed by atoms with E-state index < -0.39 is 0 Å². The van der Waals surface area contributed by atoms with Crippen LogP contribution in [0.4, 0.5) is 0 Å². The standard InChI is InChI=1S/C6H12O2.Ca.2H/c1-3-5-8-6(7)4-2;;;/h3-5H2,1-2H3;;;. The topological polar surface area (TPSA) is 26.3 Å². The number of carbonyl (C=O) groups excluding carboxylic acids is 1. The Morgan fingerprint density at radius 3 is 2.33 bits per heavy atom. The summed E-state index contributed by atoms with van der Waals surface area (Å²) in [4.78, 5) is 10.3. The van der Waals surface area contributed by atoms with Crippen molar-refractivity contribution in [2.45, 2.75) is 26.7 Å². The molecule has 0 aliphatic heterocycles. The number of carbonyl (C=O) groups is 1. The van der Waals surface area contributed by atoms with Gasteiger partial charge in [-0.05, 0) is 6.42 Å². The molecule has 0 atom stereocenters. The fourth-order valence-corrected chi connectivity index (χ4v) is 0.318. The molecule has 0 amide bonds. The molecule has 0 rings (SSSR count). The van der Waals surface area contributed by atoms with Crippen LogP contribution in [0.3, 0.4) is 0 Å². The van der Waals surface area contributed by atoms with Crippen molar-refractivity contribution in [1.82, 2.24) is 0 Å². The second-order valence-electron chi connectivity index (χ2n) is 1.57. The van der Waals surface area contributed by atoms with E-state index in [2.05, 4.69) is 0 Å². The minimum absolute atomic E-state index is 0. The summed E-state index contributed by atoms with van der Waals surface area (Å²) in [6.45, 7) is 4.33. The van der Waals surface area contributed by atoms with E-state index >= 15 is 0 Å². The van der Waals surface area contributed by atoms with Gasteiger partial charge in [0.05, 0.1) is 6.61 Å². The second kappa shape index (κ2) is 8.73. The van der Waals surface area contributed by atoms with E-state index in [1.54, 1.807) is 6.92 Å². The maximum atomic E-state index is 10.3. The Bertz CT molecular complexity index is 73.5. The monoisotopic (exact) mass is 158 g/mol. The summed E-state index contributed by atoms with van der Waals surface area (Å²) in [5.74, 6) is -0.105. The summed E-state index contributed by atoms with van der Waals surface area (Å²) in [6.07, 6.45) is 1.39. The Morgan fingerprint density at radius 2 is 2.00 bits per heavy atom. The van der Waals surface area contributed by atoms with Crippen LogP contribution in [0.2, 0.25) is 0 Å². The zero-order valence-electron chi connectivity index (χ0n) is 5.44. The molecule has 0 spiro atoms. The van der Waals surface area contributed by atoms with Crippen molar-refractivity contribution < 1.29 is 9.53 Å². The Labute approximate surface area is 86.0 Å². The van der Waals surface area contributed by atoms with E-state index in [0.717, 1.165) is 6.42 Å². The molecule has 0 aromatic rings. The maximum absolute atomic E-state index is 10.3. The van der Waals surface area contributed by atoms with Gasteiger partial charge in [-0.15, -0.1) is 0 Å². The third kappa shape index (κ3) is 8.73. The molecule has 0 aromatic heterocycles. The van der Waals surface area contributed by atoms with Crippen LogP contribution < -0.4 is 0 Å². The summed E-state index contributed by atoms with van der Waals surface area (Å²) < 4.78 is 4.70. The molecule has 0 N–H and O–H groups in total. The van der Waals surface area contributed by atoms with Crippen LogP contribution in [-0.4, -0.2) is 50.3 Å². The Kier molecular flexibility index (Phi) is 12.0. The van der Waals surface area contributed by atoms with Crippen molar-refractivity contribution >= 4 is 43.7 Å². The molecule has 9 heavy (non-hydrogen) atoms. The molecule has 52 valence electrons. The Balaban J connectivity index is 0. The first kappa shape index (κ1) is 12.4.